The van der Waals surface area contributed by atoms with Gasteiger partial charge >= 0.3 is 0 Å². The molecule has 2 heterocycles. The Balaban J connectivity index is 1.83. The van der Waals surface area contributed by atoms with E-state index in [0.29, 0.717) is 13.0 Å². The third-order valence-electron chi connectivity index (χ3n) is 11.2. The minimum absolute atomic E-state index is 0.0352. The van der Waals surface area contributed by atoms with Crippen LogP contribution in [-0.4, -0.2) is 88.8 Å². The van der Waals surface area contributed by atoms with Crippen molar-refractivity contribution in [3.8, 4) is 0 Å². The standard InChI is InChI=1S/C39H63N5O7/c1-13-15-16-25(32(48)34(50)40-17-14-2)41-33(49)31-30-24(39(30,11)12)21-44(31)35(51)23(36(3,4)5)18-27(45)42-26(37(6,7)8)22-43-28(46)19-38(9,10)20-29(43)47/h14,23-26,30-31H,2,13,15-22H2,1,3-12H3,(H,40,50)(H,41,49)(H,42,45)/t23-,24+,25?,26-,30+,31+/m1/s1. The molecule has 3 aliphatic rings. The lowest BCUT2D eigenvalue weighted by Gasteiger charge is -2.40. The number of fused-ring (bicyclic) bond motifs is 1. The van der Waals surface area contributed by atoms with Gasteiger partial charge in [0.1, 0.15) is 6.04 Å². The van der Waals surface area contributed by atoms with Crippen LogP contribution >= 0.6 is 0 Å². The van der Waals surface area contributed by atoms with Crippen molar-refractivity contribution in [2.24, 2.45) is 39.4 Å². The number of carbonyl (C=O) groups excluding carboxylic acids is 7. The molecule has 0 aromatic rings. The molecule has 1 unspecified atom stereocenters. The van der Waals surface area contributed by atoms with Gasteiger partial charge in [0.05, 0.1) is 18.0 Å². The maximum atomic E-state index is 14.5. The molecule has 3 rings (SSSR count). The lowest BCUT2D eigenvalue weighted by Crippen LogP contribution is -2.57. The van der Waals surface area contributed by atoms with Crippen molar-refractivity contribution in [3.63, 3.8) is 0 Å². The van der Waals surface area contributed by atoms with Crippen molar-refractivity contribution >= 4 is 41.2 Å². The van der Waals surface area contributed by atoms with E-state index in [1.807, 2.05) is 62.3 Å². The molecule has 2 saturated heterocycles. The minimum atomic E-state index is -1.04. The summed E-state index contributed by atoms with van der Waals surface area (Å²) in [4.78, 5) is 96.9. The fourth-order valence-electron chi connectivity index (χ4n) is 7.69. The second-order valence-electron chi connectivity index (χ2n) is 18.5. The second-order valence-corrected chi connectivity index (χ2v) is 18.5. The Kier molecular flexibility index (Phi) is 12.8. The van der Waals surface area contributed by atoms with E-state index in [-0.39, 0.29) is 79.7 Å². The van der Waals surface area contributed by atoms with Gasteiger partial charge in [-0.2, -0.15) is 0 Å². The van der Waals surface area contributed by atoms with E-state index < -0.39 is 57.9 Å². The topological polar surface area (TPSA) is 162 Å². The molecule has 3 fully saturated rings. The molecule has 0 spiro atoms. The number of ketones is 1. The number of rotatable bonds is 15. The Bertz CT molecular complexity index is 1380. The number of amides is 6. The van der Waals surface area contributed by atoms with Crippen molar-refractivity contribution in [1.29, 1.82) is 0 Å². The van der Waals surface area contributed by atoms with Gasteiger partial charge in [0.25, 0.3) is 5.91 Å². The number of unbranched alkanes of at least 4 members (excludes halogenated alkanes) is 1. The number of Topliss-reactive ketones (excluding diaryl/α,β-unsaturated/α-hetero) is 1. The zero-order valence-corrected chi connectivity index (χ0v) is 32.9. The first-order valence-corrected chi connectivity index (χ1v) is 18.5. The average molecular weight is 714 g/mol. The van der Waals surface area contributed by atoms with E-state index >= 15 is 0 Å². The first kappa shape index (κ1) is 41.8. The van der Waals surface area contributed by atoms with E-state index in [9.17, 15) is 33.6 Å². The van der Waals surface area contributed by atoms with Crippen molar-refractivity contribution in [3.05, 3.63) is 12.7 Å². The molecular formula is C39H63N5O7. The number of nitrogens with zero attached hydrogens (tertiary/aromatic N) is 2. The number of imide groups is 1. The Morgan fingerprint density at radius 1 is 0.941 bits per heavy atom. The van der Waals surface area contributed by atoms with Crippen LogP contribution in [0.3, 0.4) is 0 Å². The molecule has 6 amide bonds. The molecule has 0 aromatic carbocycles. The Labute approximate surface area is 304 Å². The van der Waals surface area contributed by atoms with E-state index in [2.05, 4.69) is 36.4 Å². The number of carbonyl (C=O) groups is 7. The van der Waals surface area contributed by atoms with Gasteiger partial charge in [0.15, 0.2) is 0 Å². The number of hydrogen-bond acceptors (Lipinski definition) is 7. The van der Waals surface area contributed by atoms with Crippen molar-refractivity contribution in [2.75, 3.05) is 19.6 Å². The minimum Gasteiger partial charge on any atom is -0.351 e. The van der Waals surface area contributed by atoms with Gasteiger partial charge in [0.2, 0.25) is 35.3 Å². The molecular weight excluding hydrogens is 650 g/mol. The number of hydrogen-bond donors (Lipinski definition) is 3. The molecule has 12 nitrogen and oxygen atoms in total. The predicted molar refractivity (Wildman–Crippen MR) is 195 cm³/mol. The van der Waals surface area contributed by atoms with Gasteiger partial charge < -0.3 is 20.9 Å². The van der Waals surface area contributed by atoms with Crippen LogP contribution in [0.25, 0.3) is 0 Å². The normalized spacial score (nSPS) is 24.2. The monoisotopic (exact) mass is 713 g/mol. The molecule has 0 bridgehead atoms. The summed E-state index contributed by atoms with van der Waals surface area (Å²) < 4.78 is 0. The van der Waals surface area contributed by atoms with Gasteiger partial charge in [0, 0.05) is 38.9 Å². The summed E-state index contributed by atoms with van der Waals surface area (Å²) in [5.41, 5.74) is -1.79. The van der Waals surface area contributed by atoms with Crippen LogP contribution in [0.4, 0.5) is 0 Å². The highest BCUT2D eigenvalue weighted by Gasteiger charge is 2.69. The van der Waals surface area contributed by atoms with Gasteiger partial charge in [-0.3, -0.25) is 38.5 Å². The predicted octanol–water partition coefficient (Wildman–Crippen LogP) is 3.77. The number of piperidine rings is 2. The van der Waals surface area contributed by atoms with Crippen LogP contribution in [0.15, 0.2) is 12.7 Å². The largest absolute Gasteiger partial charge is 0.351 e. The molecule has 3 N–H and O–H groups in total. The van der Waals surface area contributed by atoms with E-state index in [1.54, 1.807) is 4.90 Å². The van der Waals surface area contributed by atoms with Crippen LogP contribution in [0.2, 0.25) is 0 Å². The summed E-state index contributed by atoms with van der Waals surface area (Å²) in [6.45, 7) is 25.3. The first-order chi connectivity index (χ1) is 23.4. The average Bonchev–Trinajstić information content (AvgIpc) is 3.31. The SMILES string of the molecule is C=CCNC(=O)C(=O)C(CCCC)NC(=O)[C@@H]1[C@@H]2[C@H](CN1C(=O)[C@@H](CC(=O)N[C@H](CN1C(=O)CC(C)(C)CC1=O)C(C)(C)C)C(C)(C)C)C2(C)C. The summed E-state index contributed by atoms with van der Waals surface area (Å²) in [6.07, 6.45) is 3.45. The van der Waals surface area contributed by atoms with Crippen molar-refractivity contribution in [2.45, 2.75) is 133 Å². The maximum absolute atomic E-state index is 14.5. The van der Waals surface area contributed by atoms with Crippen LogP contribution < -0.4 is 16.0 Å². The lowest BCUT2D eigenvalue weighted by atomic mass is 9.77. The molecule has 51 heavy (non-hydrogen) atoms. The van der Waals surface area contributed by atoms with Gasteiger partial charge in [-0.15, -0.1) is 6.58 Å². The summed E-state index contributed by atoms with van der Waals surface area (Å²) >= 11 is 0. The maximum Gasteiger partial charge on any atom is 0.289 e. The molecule has 1 aliphatic carbocycles. The number of nitrogens with one attached hydrogen (secondary N) is 3. The molecule has 0 radical (unpaired) electrons. The second kappa shape index (κ2) is 15.6. The smallest absolute Gasteiger partial charge is 0.289 e. The summed E-state index contributed by atoms with van der Waals surface area (Å²) in [7, 11) is 0. The van der Waals surface area contributed by atoms with Crippen LogP contribution in [0, 0.1) is 39.4 Å². The molecule has 0 aromatic heterocycles. The fourth-order valence-corrected chi connectivity index (χ4v) is 7.69. The van der Waals surface area contributed by atoms with E-state index in [4.69, 9.17) is 0 Å². The Morgan fingerprint density at radius 3 is 2.04 bits per heavy atom. The molecule has 12 heteroatoms. The molecule has 6 atom stereocenters. The lowest BCUT2D eigenvalue weighted by molar-refractivity contribution is -0.154. The number of likely N-dealkylation sites (tertiary alicyclic amines) is 2. The van der Waals surface area contributed by atoms with Gasteiger partial charge in [-0.05, 0) is 39.9 Å². The summed E-state index contributed by atoms with van der Waals surface area (Å²) in [6, 6.07) is -2.46. The Morgan fingerprint density at radius 2 is 1.53 bits per heavy atom. The highest BCUT2D eigenvalue weighted by atomic mass is 16.2. The zero-order chi connectivity index (χ0) is 38.9. The molecule has 286 valence electrons. The first-order valence-electron chi connectivity index (χ1n) is 18.5. The summed E-state index contributed by atoms with van der Waals surface area (Å²) in [5.74, 6) is -4.12. The highest BCUT2D eigenvalue weighted by molar-refractivity contribution is 6.38. The van der Waals surface area contributed by atoms with Crippen molar-refractivity contribution in [1.82, 2.24) is 25.8 Å². The van der Waals surface area contributed by atoms with Crippen LogP contribution in [-0.2, 0) is 33.6 Å². The molecule has 1 saturated carbocycles. The summed E-state index contributed by atoms with van der Waals surface area (Å²) in [5, 5.41) is 8.38. The van der Waals surface area contributed by atoms with Gasteiger partial charge in [-0.25, -0.2) is 0 Å². The third-order valence-corrected chi connectivity index (χ3v) is 11.2. The van der Waals surface area contributed by atoms with Crippen LogP contribution in [0.1, 0.15) is 115 Å². The third kappa shape index (κ3) is 9.86. The van der Waals surface area contributed by atoms with Crippen molar-refractivity contribution < 1.29 is 33.6 Å². The fraction of sp³-hybridized carbons (Fsp3) is 0.769. The molecule has 2 aliphatic heterocycles. The van der Waals surface area contributed by atoms with Crippen LogP contribution in [0.5, 0.6) is 0 Å². The highest BCUT2D eigenvalue weighted by Crippen LogP contribution is 2.65. The van der Waals surface area contributed by atoms with E-state index in [1.165, 1.54) is 11.0 Å². The zero-order valence-electron chi connectivity index (χ0n) is 32.9. The van der Waals surface area contributed by atoms with Gasteiger partial charge in [-0.1, -0.05) is 95.1 Å². The quantitative estimate of drug-likeness (QED) is 0.132. The van der Waals surface area contributed by atoms with E-state index in [0.717, 1.165) is 6.42 Å². The Hall–Kier alpha value is -3.57.